The molecule has 218 valence electrons. The molecule has 1 saturated heterocycles. The fourth-order valence-electron chi connectivity index (χ4n) is 5.30. The van der Waals surface area contributed by atoms with E-state index < -0.39 is 11.6 Å². The van der Waals surface area contributed by atoms with Crippen LogP contribution in [0.2, 0.25) is 5.02 Å². The lowest BCUT2D eigenvalue weighted by Crippen LogP contribution is -2.40. The quantitative estimate of drug-likeness (QED) is 0.185. The van der Waals surface area contributed by atoms with E-state index in [0.29, 0.717) is 36.2 Å². The fourth-order valence-corrected chi connectivity index (χ4v) is 5.83. The van der Waals surface area contributed by atoms with E-state index in [1.807, 2.05) is 13.8 Å². The average molecular weight is 596 g/mol. The molecule has 0 bridgehead atoms. The van der Waals surface area contributed by atoms with Gasteiger partial charge in [0.25, 0.3) is 0 Å². The van der Waals surface area contributed by atoms with Gasteiger partial charge in [-0.25, -0.2) is 9.59 Å². The molecule has 6 nitrogen and oxygen atoms in total. The first-order valence-corrected chi connectivity index (χ1v) is 15.4. The van der Waals surface area contributed by atoms with Crippen LogP contribution in [0, 0.1) is 19.8 Å². The summed E-state index contributed by atoms with van der Waals surface area (Å²) in [6, 6.07) is 19.7. The summed E-state index contributed by atoms with van der Waals surface area (Å²) in [6.45, 7) is 10.6. The minimum atomic E-state index is -1.12. The standard InChI is InChI=1S/C33H38ClNO5S/c1-7-38-31(36)33(4,5)40-30-21(2)16-24(17-22(30)3)29-20-35(32(37)39-27-12-10-26(34)11-13-27)19-25(29)18-23-8-14-28(41-6)15-9-23/h8-17,25,29H,7,18-20H2,1-6H3/t25-,29+/m0/s1. The number of hydrogen-bond acceptors (Lipinski definition) is 6. The molecule has 4 rings (SSSR count). The molecule has 2 atom stereocenters. The van der Waals surface area contributed by atoms with Gasteiger partial charge in [0.2, 0.25) is 0 Å². The van der Waals surface area contributed by atoms with Crippen molar-refractivity contribution in [1.29, 1.82) is 0 Å². The summed E-state index contributed by atoms with van der Waals surface area (Å²) < 4.78 is 17.1. The molecule has 0 aromatic heterocycles. The molecule has 41 heavy (non-hydrogen) atoms. The molecule has 0 N–H and O–H groups in total. The molecule has 8 heteroatoms. The molecule has 1 fully saturated rings. The maximum absolute atomic E-state index is 13.2. The minimum absolute atomic E-state index is 0.0949. The van der Waals surface area contributed by atoms with Gasteiger partial charge in [-0.05, 0) is 112 Å². The maximum atomic E-state index is 13.2. The smallest absolute Gasteiger partial charge is 0.415 e. The van der Waals surface area contributed by atoms with Crippen molar-refractivity contribution in [2.75, 3.05) is 26.0 Å². The lowest BCUT2D eigenvalue weighted by molar-refractivity contribution is -0.158. The molecule has 0 spiro atoms. The Hall–Kier alpha value is -3.16. The second-order valence-electron chi connectivity index (χ2n) is 11.0. The number of carbonyl (C=O) groups excluding carboxylic acids is 2. The van der Waals surface area contributed by atoms with E-state index >= 15 is 0 Å². The third-order valence-electron chi connectivity index (χ3n) is 7.41. The molecule has 0 aliphatic carbocycles. The monoisotopic (exact) mass is 595 g/mol. The summed E-state index contributed by atoms with van der Waals surface area (Å²) in [6.07, 6.45) is 2.52. The number of hydrogen-bond donors (Lipinski definition) is 0. The number of thioether (sulfide) groups is 1. The van der Waals surface area contributed by atoms with Crippen LogP contribution >= 0.6 is 23.4 Å². The van der Waals surface area contributed by atoms with Gasteiger partial charge in [0, 0.05) is 28.9 Å². The van der Waals surface area contributed by atoms with Gasteiger partial charge in [0.05, 0.1) is 6.61 Å². The van der Waals surface area contributed by atoms with Gasteiger partial charge in [-0.3, -0.25) is 0 Å². The SMILES string of the molecule is CCOC(=O)C(C)(C)Oc1c(C)cc([C@H]2CN(C(=O)Oc3ccc(Cl)cc3)C[C@@H]2Cc2ccc(SC)cc2)cc1C. The number of rotatable bonds is 9. The van der Waals surface area contributed by atoms with Gasteiger partial charge in [-0.1, -0.05) is 35.9 Å². The number of amides is 1. The fraction of sp³-hybridized carbons (Fsp3) is 0.394. The van der Waals surface area contributed by atoms with Crippen molar-refractivity contribution >= 4 is 35.4 Å². The second-order valence-corrected chi connectivity index (χ2v) is 12.3. The van der Waals surface area contributed by atoms with Crippen LogP contribution in [-0.4, -0.2) is 48.5 Å². The number of carbonyl (C=O) groups is 2. The largest absolute Gasteiger partial charge is 0.476 e. The molecule has 1 aliphatic heterocycles. The van der Waals surface area contributed by atoms with Crippen LogP contribution in [0.25, 0.3) is 0 Å². The Morgan fingerprint density at radius 1 is 1.00 bits per heavy atom. The molecule has 1 aliphatic rings. The van der Waals surface area contributed by atoms with E-state index in [4.69, 9.17) is 25.8 Å². The van der Waals surface area contributed by atoms with E-state index in [0.717, 1.165) is 23.1 Å². The maximum Gasteiger partial charge on any atom is 0.415 e. The van der Waals surface area contributed by atoms with E-state index in [2.05, 4.69) is 42.7 Å². The number of halogens is 1. The van der Waals surface area contributed by atoms with Crippen molar-refractivity contribution < 1.29 is 23.8 Å². The van der Waals surface area contributed by atoms with Crippen LogP contribution in [0.15, 0.2) is 65.6 Å². The summed E-state index contributed by atoms with van der Waals surface area (Å²) >= 11 is 7.71. The highest BCUT2D eigenvalue weighted by atomic mass is 35.5. The first kappa shape index (κ1) is 30.8. The molecule has 0 saturated carbocycles. The van der Waals surface area contributed by atoms with Gasteiger partial charge in [0.15, 0.2) is 5.60 Å². The topological polar surface area (TPSA) is 65.1 Å². The molecule has 1 amide bonds. The zero-order valence-corrected chi connectivity index (χ0v) is 26.1. The van der Waals surface area contributed by atoms with Crippen LogP contribution in [0.3, 0.4) is 0 Å². The Morgan fingerprint density at radius 2 is 1.63 bits per heavy atom. The third-order valence-corrected chi connectivity index (χ3v) is 8.41. The van der Waals surface area contributed by atoms with Gasteiger partial charge in [-0.15, -0.1) is 11.8 Å². The highest BCUT2D eigenvalue weighted by molar-refractivity contribution is 7.98. The average Bonchev–Trinajstić information content (AvgIpc) is 3.36. The second kappa shape index (κ2) is 13.2. The minimum Gasteiger partial charge on any atom is -0.476 e. The van der Waals surface area contributed by atoms with Crippen LogP contribution in [0.1, 0.15) is 48.9 Å². The molecule has 3 aromatic carbocycles. The number of nitrogens with zero attached hydrogens (tertiary/aromatic N) is 1. The molecule has 0 radical (unpaired) electrons. The summed E-state index contributed by atoms with van der Waals surface area (Å²) in [7, 11) is 0. The Bertz CT molecular complexity index is 1350. The van der Waals surface area contributed by atoms with Crippen LogP contribution in [0.5, 0.6) is 11.5 Å². The number of benzene rings is 3. The first-order chi connectivity index (χ1) is 19.5. The zero-order chi connectivity index (χ0) is 29.7. The van der Waals surface area contributed by atoms with Crippen LogP contribution in [-0.2, 0) is 16.0 Å². The van der Waals surface area contributed by atoms with Gasteiger partial charge in [-0.2, -0.15) is 0 Å². The zero-order valence-electron chi connectivity index (χ0n) is 24.5. The Kier molecular flexibility index (Phi) is 9.92. The van der Waals surface area contributed by atoms with E-state index in [1.165, 1.54) is 10.5 Å². The first-order valence-electron chi connectivity index (χ1n) is 13.8. The molecule has 0 unspecified atom stereocenters. The van der Waals surface area contributed by atoms with Crippen molar-refractivity contribution in [2.24, 2.45) is 5.92 Å². The molecule has 1 heterocycles. The Morgan fingerprint density at radius 3 is 2.22 bits per heavy atom. The Labute approximate surface area is 252 Å². The van der Waals surface area contributed by atoms with E-state index in [9.17, 15) is 9.59 Å². The van der Waals surface area contributed by atoms with E-state index in [-0.39, 0.29) is 17.9 Å². The molecular weight excluding hydrogens is 558 g/mol. The number of esters is 1. The number of aryl methyl sites for hydroxylation is 2. The van der Waals surface area contributed by atoms with Crippen molar-refractivity contribution in [3.05, 3.63) is 87.9 Å². The number of likely N-dealkylation sites (tertiary alicyclic amines) is 1. The third kappa shape index (κ3) is 7.57. The van der Waals surface area contributed by atoms with Crippen molar-refractivity contribution in [1.82, 2.24) is 4.90 Å². The van der Waals surface area contributed by atoms with Gasteiger partial charge >= 0.3 is 12.1 Å². The number of ether oxygens (including phenoxy) is 3. The predicted molar refractivity (Wildman–Crippen MR) is 164 cm³/mol. The van der Waals surface area contributed by atoms with Crippen molar-refractivity contribution in [3.8, 4) is 11.5 Å². The van der Waals surface area contributed by atoms with E-state index in [1.54, 1.807) is 61.7 Å². The highest BCUT2D eigenvalue weighted by Gasteiger charge is 2.38. The summed E-state index contributed by atoms with van der Waals surface area (Å²) in [5, 5.41) is 0.586. The highest BCUT2D eigenvalue weighted by Crippen LogP contribution is 2.39. The summed E-state index contributed by atoms with van der Waals surface area (Å²) in [5.74, 6) is 1.02. The van der Waals surface area contributed by atoms with Crippen LogP contribution < -0.4 is 9.47 Å². The van der Waals surface area contributed by atoms with Gasteiger partial charge in [0.1, 0.15) is 11.5 Å². The van der Waals surface area contributed by atoms with Crippen molar-refractivity contribution in [3.63, 3.8) is 0 Å². The normalized spacial score (nSPS) is 16.9. The lowest BCUT2D eigenvalue weighted by Gasteiger charge is -2.27. The summed E-state index contributed by atoms with van der Waals surface area (Å²) in [4.78, 5) is 28.7. The molecule has 3 aromatic rings. The van der Waals surface area contributed by atoms with Crippen molar-refractivity contribution in [2.45, 2.75) is 57.5 Å². The van der Waals surface area contributed by atoms with Gasteiger partial charge < -0.3 is 19.1 Å². The summed E-state index contributed by atoms with van der Waals surface area (Å²) in [5.41, 5.74) is 3.11. The predicted octanol–water partition coefficient (Wildman–Crippen LogP) is 7.86. The Balaban J connectivity index is 1.60. The molecular formula is C33H38ClNO5S. The van der Waals surface area contributed by atoms with Crippen LogP contribution in [0.4, 0.5) is 4.79 Å². The lowest BCUT2D eigenvalue weighted by atomic mass is 9.83.